The third-order valence-corrected chi connectivity index (χ3v) is 6.02. The van der Waals surface area contributed by atoms with Crippen molar-refractivity contribution in [2.75, 3.05) is 6.67 Å². The van der Waals surface area contributed by atoms with Crippen molar-refractivity contribution in [3.8, 4) is 0 Å². The molecule has 7 nitrogen and oxygen atoms in total. The van der Waals surface area contributed by atoms with Gasteiger partial charge in [0.05, 0.1) is 23.5 Å². The van der Waals surface area contributed by atoms with Gasteiger partial charge in [-0.15, -0.1) is 0 Å². The molecule has 194 valence electrons. The predicted octanol–water partition coefficient (Wildman–Crippen LogP) is 4.79. The van der Waals surface area contributed by atoms with E-state index in [9.17, 15) is 23.9 Å². The van der Waals surface area contributed by atoms with E-state index in [1.54, 1.807) is 25.3 Å². The zero-order chi connectivity index (χ0) is 26.5. The highest BCUT2D eigenvalue weighted by molar-refractivity contribution is 6.13. The SMILES string of the molecule is CCC[C@H](CC(=O)n1c2ccccc2c2ccccc21)C(=O)NC(CC(=O)OC(C)(C)C)C(O)CF. The Hall–Kier alpha value is -3.26. The van der Waals surface area contributed by atoms with E-state index in [1.807, 2.05) is 55.5 Å². The van der Waals surface area contributed by atoms with Crippen LogP contribution in [0, 0.1) is 5.92 Å². The molecule has 36 heavy (non-hydrogen) atoms. The van der Waals surface area contributed by atoms with Crippen LogP contribution in [0.3, 0.4) is 0 Å². The molecule has 1 heterocycles. The number of hydrogen-bond donors (Lipinski definition) is 2. The molecule has 0 saturated carbocycles. The Morgan fingerprint density at radius 2 is 1.56 bits per heavy atom. The minimum absolute atomic E-state index is 0.0762. The van der Waals surface area contributed by atoms with Crippen molar-refractivity contribution >= 4 is 39.6 Å². The number of ether oxygens (including phenoxy) is 1. The molecule has 3 aromatic rings. The first-order valence-electron chi connectivity index (χ1n) is 12.3. The highest BCUT2D eigenvalue weighted by Crippen LogP contribution is 2.29. The number of alkyl halides is 1. The van der Waals surface area contributed by atoms with Gasteiger partial charge in [-0.25, -0.2) is 4.39 Å². The largest absolute Gasteiger partial charge is 0.460 e. The first kappa shape index (κ1) is 27.3. The summed E-state index contributed by atoms with van der Waals surface area (Å²) in [5.74, 6) is -2.12. The molecular weight excluding hydrogens is 463 g/mol. The van der Waals surface area contributed by atoms with Crippen LogP contribution < -0.4 is 5.32 Å². The van der Waals surface area contributed by atoms with E-state index in [0.717, 1.165) is 21.8 Å². The molecule has 3 atom stereocenters. The fourth-order valence-electron chi connectivity index (χ4n) is 4.42. The van der Waals surface area contributed by atoms with Gasteiger partial charge in [0.25, 0.3) is 0 Å². The van der Waals surface area contributed by atoms with Gasteiger partial charge in [0.15, 0.2) is 0 Å². The molecule has 0 aliphatic carbocycles. The fraction of sp³-hybridized carbons (Fsp3) is 0.464. The van der Waals surface area contributed by atoms with E-state index in [4.69, 9.17) is 4.74 Å². The van der Waals surface area contributed by atoms with Crippen LogP contribution in [0.1, 0.15) is 58.2 Å². The second kappa shape index (κ2) is 11.6. The molecule has 0 aliphatic heterocycles. The van der Waals surface area contributed by atoms with Crippen LogP contribution in [0.2, 0.25) is 0 Å². The fourth-order valence-corrected chi connectivity index (χ4v) is 4.42. The standard InChI is InChI=1S/C28H35FN2O5/c1-5-10-18(27(35)30-21(24(32)17-29)16-26(34)36-28(2,3)4)15-25(33)31-22-13-8-6-11-19(22)20-12-7-9-14-23(20)31/h6-9,11-14,18,21,24,32H,5,10,15-17H2,1-4H3,(H,30,35)/t18-,21?,24?/m1/s1. The Labute approximate surface area is 210 Å². The molecule has 1 amide bonds. The number of fused-ring (bicyclic) bond motifs is 3. The summed E-state index contributed by atoms with van der Waals surface area (Å²) in [4.78, 5) is 39.0. The minimum atomic E-state index is -1.57. The molecule has 0 aliphatic rings. The Kier molecular flexibility index (Phi) is 8.84. The molecule has 1 aromatic heterocycles. The Morgan fingerprint density at radius 1 is 1.00 bits per heavy atom. The van der Waals surface area contributed by atoms with Crippen LogP contribution in [0.5, 0.6) is 0 Å². The molecule has 2 aromatic carbocycles. The average Bonchev–Trinajstić information content (AvgIpc) is 3.16. The van der Waals surface area contributed by atoms with Crippen molar-refractivity contribution in [3.05, 3.63) is 48.5 Å². The summed E-state index contributed by atoms with van der Waals surface area (Å²) in [6.45, 7) is 5.86. The molecule has 8 heteroatoms. The predicted molar refractivity (Wildman–Crippen MR) is 137 cm³/mol. The Balaban J connectivity index is 1.83. The maximum atomic E-state index is 13.5. The van der Waals surface area contributed by atoms with Crippen LogP contribution in [0.4, 0.5) is 4.39 Å². The molecule has 0 spiro atoms. The van der Waals surface area contributed by atoms with E-state index in [-0.39, 0.29) is 18.7 Å². The number of nitrogens with one attached hydrogen (secondary N) is 1. The first-order chi connectivity index (χ1) is 17.1. The van der Waals surface area contributed by atoms with Crippen molar-refractivity contribution in [1.29, 1.82) is 0 Å². The Morgan fingerprint density at radius 3 is 2.06 bits per heavy atom. The van der Waals surface area contributed by atoms with Crippen molar-refractivity contribution in [2.24, 2.45) is 5.92 Å². The van der Waals surface area contributed by atoms with Gasteiger partial charge in [-0.1, -0.05) is 49.7 Å². The van der Waals surface area contributed by atoms with Gasteiger partial charge < -0.3 is 15.2 Å². The normalized spacial score (nSPS) is 14.4. The van der Waals surface area contributed by atoms with E-state index >= 15 is 0 Å². The van der Waals surface area contributed by atoms with Crippen molar-refractivity contribution in [1.82, 2.24) is 9.88 Å². The summed E-state index contributed by atoms with van der Waals surface area (Å²) >= 11 is 0. The summed E-state index contributed by atoms with van der Waals surface area (Å²) in [6.07, 6.45) is -0.974. The molecular formula is C28H35FN2O5. The van der Waals surface area contributed by atoms with Gasteiger partial charge in [-0.3, -0.25) is 19.0 Å². The minimum Gasteiger partial charge on any atom is -0.460 e. The number of para-hydroxylation sites is 2. The molecule has 0 radical (unpaired) electrons. The molecule has 0 saturated heterocycles. The monoisotopic (exact) mass is 498 g/mol. The number of aromatic nitrogens is 1. The van der Waals surface area contributed by atoms with Gasteiger partial charge in [0.1, 0.15) is 18.4 Å². The second-order valence-corrected chi connectivity index (χ2v) is 10.1. The lowest BCUT2D eigenvalue weighted by Gasteiger charge is -2.26. The molecule has 2 N–H and O–H groups in total. The van der Waals surface area contributed by atoms with Gasteiger partial charge >= 0.3 is 5.97 Å². The van der Waals surface area contributed by atoms with Crippen LogP contribution >= 0.6 is 0 Å². The number of esters is 1. The third-order valence-electron chi connectivity index (χ3n) is 6.02. The van der Waals surface area contributed by atoms with Gasteiger partial charge in [0, 0.05) is 23.1 Å². The summed E-state index contributed by atoms with van der Waals surface area (Å²) < 4.78 is 20.2. The van der Waals surface area contributed by atoms with Crippen molar-refractivity contribution < 1.29 is 28.6 Å². The smallest absolute Gasteiger partial charge is 0.308 e. The molecule has 2 unspecified atom stereocenters. The quantitative estimate of drug-likeness (QED) is 0.392. The highest BCUT2D eigenvalue weighted by Gasteiger charge is 2.31. The number of aliphatic hydroxyl groups excluding tert-OH is 1. The zero-order valence-electron chi connectivity index (χ0n) is 21.3. The maximum Gasteiger partial charge on any atom is 0.308 e. The van der Waals surface area contributed by atoms with E-state index in [1.165, 1.54) is 0 Å². The summed E-state index contributed by atoms with van der Waals surface area (Å²) in [6, 6.07) is 14.0. The number of aliphatic hydroxyl groups is 1. The van der Waals surface area contributed by atoms with Gasteiger partial charge in [-0.05, 0) is 39.3 Å². The number of hydrogen-bond acceptors (Lipinski definition) is 5. The molecule has 0 fully saturated rings. The lowest BCUT2D eigenvalue weighted by molar-refractivity contribution is -0.156. The number of amides is 1. The summed E-state index contributed by atoms with van der Waals surface area (Å²) in [5.41, 5.74) is 0.760. The van der Waals surface area contributed by atoms with Crippen LogP contribution in [0.15, 0.2) is 48.5 Å². The summed E-state index contributed by atoms with van der Waals surface area (Å²) in [7, 11) is 0. The number of benzene rings is 2. The second-order valence-electron chi connectivity index (χ2n) is 10.1. The molecule has 0 bridgehead atoms. The number of carbonyl (C=O) groups is 3. The lowest BCUT2D eigenvalue weighted by atomic mass is 9.96. The molecule has 3 rings (SSSR count). The van der Waals surface area contributed by atoms with Gasteiger partial charge in [0.2, 0.25) is 11.8 Å². The van der Waals surface area contributed by atoms with Gasteiger partial charge in [-0.2, -0.15) is 0 Å². The first-order valence-corrected chi connectivity index (χ1v) is 12.3. The van der Waals surface area contributed by atoms with E-state index in [2.05, 4.69) is 5.32 Å². The topological polar surface area (TPSA) is 97.6 Å². The number of carbonyl (C=O) groups excluding carboxylic acids is 3. The zero-order valence-corrected chi connectivity index (χ0v) is 21.3. The lowest BCUT2D eigenvalue weighted by Crippen LogP contribution is -2.48. The number of nitrogens with zero attached hydrogens (tertiary/aromatic N) is 1. The Bertz CT molecular complexity index is 1180. The van der Waals surface area contributed by atoms with Crippen molar-refractivity contribution in [3.63, 3.8) is 0 Å². The number of halogens is 1. The average molecular weight is 499 g/mol. The maximum absolute atomic E-state index is 13.5. The van der Waals surface area contributed by atoms with Crippen molar-refractivity contribution in [2.45, 2.75) is 71.1 Å². The van der Waals surface area contributed by atoms with E-state index in [0.29, 0.717) is 12.8 Å². The highest BCUT2D eigenvalue weighted by atomic mass is 19.1. The van der Waals surface area contributed by atoms with Crippen LogP contribution in [0.25, 0.3) is 21.8 Å². The third kappa shape index (κ3) is 6.49. The van der Waals surface area contributed by atoms with E-state index < -0.39 is 42.2 Å². The van der Waals surface area contributed by atoms with Crippen LogP contribution in [-0.4, -0.2) is 51.9 Å². The summed E-state index contributed by atoms with van der Waals surface area (Å²) in [5, 5.41) is 14.6. The van der Waals surface area contributed by atoms with Crippen LogP contribution in [-0.2, 0) is 14.3 Å². The number of rotatable bonds is 10.